The number of amides is 1. The van der Waals surface area contributed by atoms with Gasteiger partial charge in [0.1, 0.15) is 11.9 Å². The molecule has 100 valence electrons. The van der Waals surface area contributed by atoms with E-state index in [9.17, 15) is 9.59 Å². The van der Waals surface area contributed by atoms with E-state index in [1.165, 1.54) is 0 Å². The molecule has 0 aliphatic carbocycles. The highest BCUT2D eigenvalue weighted by molar-refractivity contribution is 5.84. The van der Waals surface area contributed by atoms with E-state index >= 15 is 0 Å². The lowest BCUT2D eigenvalue weighted by Crippen LogP contribution is -2.42. The first-order valence-electron chi connectivity index (χ1n) is 5.78. The molecule has 1 heterocycles. The molecule has 0 saturated heterocycles. The van der Waals surface area contributed by atoms with Crippen molar-refractivity contribution in [3.8, 4) is 0 Å². The summed E-state index contributed by atoms with van der Waals surface area (Å²) < 4.78 is 0. The number of carbonyl (C=O) groups is 2. The van der Waals surface area contributed by atoms with Crippen LogP contribution >= 0.6 is 0 Å². The number of aromatic amines is 1. The van der Waals surface area contributed by atoms with E-state index in [0.717, 1.165) is 0 Å². The molecule has 18 heavy (non-hydrogen) atoms. The van der Waals surface area contributed by atoms with E-state index in [1.54, 1.807) is 6.92 Å². The van der Waals surface area contributed by atoms with Gasteiger partial charge in [-0.25, -0.2) is 9.78 Å². The maximum atomic E-state index is 11.6. The van der Waals surface area contributed by atoms with Crippen LogP contribution in [0.2, 0.25) is 0 Å². The van der Waals surface area contributed by atoms with E-state index in [-0.39, 0.29) is 18.2 Å². The maximum absolute atomic E-state index is 11.6. The van der Waals surface area contributed by atoms with Gasteiger partial charge in [0, 0.05) is 0 Å². The third kappa shape index (κ3) is 4.52. The van der Waals surface area contributed by atoms with Crippen molar-refractivity contribution in [2.75, 3.05) is 0 Å². The number of carboxylic acids is 1. The molecule has 7 nitrogen and oxygen atoms in total. The maximum Gasteiger partial charge on any atom is 0.326 e. The van der Waals surface area contributed by atoms with E-state index in [1.807, 2.05) is 13.8 Å². The van der Waals surface area contributed by atoms with Crippen LogP contribution < -0.4 is 5.32 Å². The summed E-state index contributed by atoms with van der Waals surface area (Å²) in [7, 11) is 0. The number of H-pyrrole nitrogens is 1. The summed E-state index contributed by atoms with van der Waals surface area (Å²) in [6.07, 6.45) is 0.375. The summed E-state index contributed by atoms with van der Waals surface area (Å²) in [6, 6.07) is -0.863. The number of nitrogens with zero attached hydrogens (tertiary/aromatic N) is 2. The molecular weight excluding hydrogens is 236 g/mol. The van der Waals surface area contributed by atoms with Gasteiger partial charge in [0.05, 0.1) is 6.42 Å². The first-order chi connectivity index (χ1) is 8.38. The number of nitrogens with one attached hydrogen (secondary N) is 2. The highest BCUT2D eigenvalue weighted by Crippen LogP contribution is 2.05. The molecule has 1 atom stereocenters. The molecule has 0 unspecified atom stereocenters. The van der Waals surface area contributed by atoms with Crippen LogP contribution in [0, 0.1) is 12.8 Å². The standard InChI is InChI=1S/C11H18N4O3/c1-6(2)4-8(11(17)18)13-10(16)5-9-12-7(3)14-15-9/h6,8H,4-5H2,1-3H3,(H,13,16)(H,17,18)(H,12,14,15)/t8-/m1/s1. The number of hydrogen-bond donors (Lipinski definition) is 3. The second kappa shape index (κ2) is 6.13. The van der Waals surface area contributed by atoms with E-state index in [4.69, 9.17) is 5.11 Å². The Hall–Kier alpha value is -1.92. The van der Waals surface area contributed by atoms with Crippen molar-refractivity contribution in [1.82, 2.24) is 20.5 Å². The molecule has 1 amide bonds. The van der Waals surface area contributed by atoms with Crippen LogP contribution in [0.4, 0.5) is 0 Å². The van der Waals surface area contributed by atoms with Crippen LogP contribution in [0.3, 0.4) is 0 Å². The number of rotatable bonds is 6. The van der Waals surface area contributed by atoms with Gasteiger partial charge in [-0.3, -0.25) is 9.89 Å². The molecule has 1 aromatic heterocycles. The van der Waals surface area contributed by atoms with Crippen molar-refractivity contribution in [2.45, 2.75) is 39.7 Å². The second-order valence-corrected chi connectivity index (χ2v) is 4.60. The Morgan fingerprint density at radius 1 is 1.44 bits per heavy atom. The Morgan fingerprint density at radius 2 is 2.11 bits per heavy atom. The van der Waals surface area contributed by atoms with Gasteiger partial charge in [-0.05, 0) is 19.3 Å². The highest BCUT2D eigenvalue weighted by atomic mass is 16.4. The fraction of sp³-hybridized carbons (Fsp3) is 0.636. The molecule has 0 aliphatic heterocycles. The lowest BCUT2D eigenvalue weighted by molar-refractivity contribution is -0.142. The van der Waals surface area contributed by atoms with Gasteiger partial charge >= 0.3 is 5.97 Å². The van der Waals surface area contributed by atoms with Crippen LogP contribution in [0.1, 0.15) is 31.9 Å². The quantitative estimate of drug-likeness (QED) is 0.675. The second-order valence-electron chi connectivity index (χ2n) is 4.60. The highest BCUT2D eigenvalue weighted by Gasteiger charge is 2.21. The lowest BCUT2D eigenvalue weighted by atomic mass is 10.0. The van der Waals surface area contributed by atoms with Crippen molar-refractivity contribution < 1.29 is 14.7 Å². The summed E-state index contributed by atoms with van der Waals surface area (Å²) >= 11 is 0. The summed E-state index contributed by atoms with van der Waals surface area (Å²) in [6.45, 7) is 5.54. The molecule has 0 radical (unpaired) electrons. The minimum Gasteiger partial charge on any atom is -0.480 e. The van der Waals surface area contributed by atoms with Gasteiger partial charge in [0.25, 0.3) is 0 Å². The predicted octanol–water partition coefficient (Wildman–Crippen LogP) is 0.271. The number of aryl methyl sites for hydroxylation is 1. The summed E-state index contributed by atoms with van der Waals surface area (Å²) in [4.78, 5) is 26.6. The molecular formula is C11H18N4O3. The van der Waals surface area contributed by atoms with Crippen molar-refractivity contribution >= 4 is 11.9 Å². The van der Waals surface area contributed by atoms with Crippen molar-refractivity contribution in [1.29, 1.82) is 0 Å². The Kier molecular flexibility index (Phi) is 4.82. The van der Waals surface area contributed by atoms with E-state index in [2.05, 4.69) is 20.5 Å². The topological polar surface area (TPSA) is 108 Å². The van der Waals surface area contributed by atoms with E-state index < -0.39 is 12.0 Å². The Labute approximate surface area is 105 Å². The lowest BCUT2D eigenvalue weighted by Gasteiger charge is -2.15. The minimum absolute atomic E-state index is 0.0216. The van der Waals surface area contributed by atoms with Crippen LogP contribution in [0.5, 0.6) is 0 Å². The zero-order valence-corrected chi connectivity index (χ0v) is 10.7. The number of hydrogen-bond acceptors (Lipinski definition) is 4. The minimum atomic E-state index is -1.02. The Morgan fingerprint density at radius 3 is 2.56 bits per heavy atom. The van der Waals surface area contributed by atoms with Crippen LogP contribution in [0.25, 0.3) is 0 Å². The zero-order chi connectivity index (χ0) is 13.7. The first kappa shape index (κ1) is 14.1. The molecule has 0 fully saturated rings. The monoisotopic (exact) mass is 254 g/mol. The number of carbonyl (C=O) groups excluding carboxylic acids is 1. The molecule has 0 spiro atoms. The van der Waals surface area contributed by atoms with Gasteiger partial charge in [-0.15, -0.1) is 0 Å². The third-order valence-corrected chi connectivity index (χ3v) is 2.30. The molecule has 0 bridgehead atoms. The molecule has 7 heteroatoms. The third-order valence-electron chi connectivity index (χ3n) is 2.30. The van der Waals surface area contributed by atoms with Crippen molar-refractivity contribution in [2.24, 2.45) is 5.92 Å². The van der Waals surface area contributed by atoms with Crippen LogP contribution in [-0.4, -0.2) is 38.2 Å². The number of aliphatic carboxylic acids is 1. The molecule has 0 aliphatic rings. The SMILES string of the molecule is Cc1nc(CC(=O)N[C@H](CC(C)C)C(=O)O)n[nH]1. The normalized spacial score (nSPS) is 12.4. The molecule has 3 N–H and O–H groups in total. The summed E-state index contributed by atoms with van der Waals surface area (Å²) in [5, 5.41) is 17.9. The fourth-order valence-corrected chi connectivity index (χ4v) is 1.55. The molecule has 0 saturated carbocycles. The molecule has 1 aromatic rings. The summed E-state index contributed by atoms with van der Waals surface area (Å²) in [5.41, 5.74) is 0. The summed E-state index contributed by atoms with van der Waals surface area (Å²) in [5.74, 6) is -0.240. The average Bonchev–Trinajstić information content (AvgIpc) is 2.62. The predicted molar refractivity (Wildman–Crippen MR) is 63.8 cm³/mol. The Bertz CT molecular complexity index is 428. The Balaban J connectivity index is 2.53. The molecule has 1 rings (SSSR count). The number of carboxylic acid groups (broad SMARTS) is 1. The largest absolute Gasteiger partial charge is 0.480 e. The first-order valence-corrected chi connectivity index (χ1v) is 5.78. The van der Waals surface area contributed by atoms with Gasteiger partial charge in [0.15, 0.2) is 5.82 Å². The van der Waals surface area contributed by atoms with Gasteiger partial charge in [-0.1, -0.05) is 13.8 Å². The fourth-order valence-electron chi connectivity index (χ4n) is 1.55. The van der Waals surface area contributed by atoms with Crippen molar-refractivity contribution in [3.63, 3.8) is 0 Å². The van der Waals surface area contributed by atoms with E-state index in [0.29, 0.717) is 18.1 Å². The number of aromatic nitrogens is 3. The van der Waals surface area contributed by atoms with Gasteiger partial charge in [-0.2, -0.15) is 5.10 Å². The van der Waals surface area contributed by atoms with Crippen LogP contribution in [0.15, 0.2) is 0 Å². The van der Waals surface area contributed by atoms with Gasteiger partial charge in [0.2, 0.25) is 5.91 Å². The zero-order valence-electron chi connectivity index (χ0n) is 10.7. The van der Waals surface area contributed by atoms with Gasteiger partial charge < -0.3 is 10.4 Å². The molecule has 0 aromatic carbocycles. The van der Waals surface area contributed by atoms with Crippen molar-refractivity contribution in [3.05, 3.63) is 11.6 Å². The average molecular weight is 254 g/mol. The smallest absolute Gasteiger partial charge is 0.326 e. The van der Waals surface area contributed by atoms with Crippen LogP contribution in [-0.2, 0) is 16.0 Å².